The summed E-state index contributed by atoms with van der Waals surface area (Å²) >= 11 is 0. The largest absolute Gasteiger partial charge is 0.483 e. The average molecular weight is 133 g/mol. The van der Waals surface area contributed by atoms with Gasteiger partial charge in [-0.3, -0.25) is 14.8 Å². The van der Waals surface area contributed by atoms with Crippen molar-refractivity contribution in [2.75, 3.05) is 0 Å². The summed E-state index contributed by atoms with van der Waals surface area (Å²) in [4.78, 5) is 18.1. The molecule has 0 saturated carbocycles. The molecular weight excluding hydrogens is 126 g/mol. The van der Waals surface area contributed by atoms with Gasteiger partial charge in [0, 0.05) is 0 Å². The van der Waals surface area contributed by atoms with Crippen molar-refractivity contribution in [1.29, 1.82) is 0 Å². The van der Waals surface area contributed by atoms with Gasteiger partial charge >= 0.3 is 0 Å². The topological polar surface area (TPSA) is 86.6 Å². The molecule has 0 saturated heterocycles. The van der Waals surface area contributed by atoms with Gasteiger partial charge in [0.25, 0.3) is 12.4 Å². The Kier molecular flexibility index (Phi) is 11.5. The number of hydroxylamine groups is 1. The molecule has 0 aromatic rings. The van der Waals surface area contributed by atoms with Crippen molar-refractivity contribution < 1.29 is 19.9 Å². The minimum atomic E-state index is -0.588. The zero-order chi connectivity index (χ0) is 7.70. The monoisotopic (exact) mass is 133 g/mol. The maximum absolute atomic E-state index is 9.70. The minimum absolute atomic E-state index is 0.250. The molecule has 5 nitrogen and oxygen atoms in total. The highest BCUT2D eigenvalue weighted by atomic mass is 16.5. The van der Waals surface area contributed by atoms with E-state index in [4.69, 9.17) is 15.1 Å². The highest BCUT2D eigenvalue weighted by Gasteiger charge is 1.80. The molecule has 0 radical (unpaired) electrons. The third-order valence-electron chi connectivity index (χ3n) is 0.296. The number of carbonyl (C=O) groups excluding carboxylic acids is 1. The number of hydrogen-bond acceptors (Lipinski definition) is 3. The first kappa shape index (κ1) is 10.6. The number of rotatable bonds is 1. The maximum Gasteiger partial charge on any atom is 0.290 e. The predicted molar refractivity (Wildman–Crippen MR) is 28.8 cm³/mol. The average Bonchev–Trinajstić information content (AvgIpc) is 1.88. The maximum atomic E-state index is 9.70. The molecule has 5 heteroatoms. The van der Waals surface area contributed by atoms with Crippen LogP contribution in [0.3, 0.4) is 0 Å². The molecule has 52 valence electrons. The Morgan fingerprint density at radius 3 is 2.00 bits per heavy atom. The molecule has 0 fully saturated rings. The molecule has 0 aliphatic heterocycles. The van der Waals surface area contributed by atoms with Gasteiger partial charge in [-0.1, -0.05) is 6.58 Å². The molecule has 0 heterocycles. The summed E-state index contributed by atoms with van der Waals surface area (Å²) in [5, 5.41) is 14.6. The number of carboxylic acid groups (broad SMARTS) is 1. The summed E-state index contributed by atoms with van der Waals surface area (Å²) in [6.45, 7) is 2.81. The van der Waals surface area contributed by atoms with Crippen LogP contribution in [-0.4, -0.2) is 22.7 Å². The van der Waals surface area contributed by atoms with Gasteiger partial charge in [-0.05, 0) is 6.08 Å². The van der Waals surface area contributed by atoms with E-state index in [0.717, 1.165) is 6.08 Å². The predicted octanol–water partition coefficient (Wildman–Crippen LogP) is -0.621. The van der Waals surface area contributed by atoms with Crippen LogP contribution in [0.25, 0.3) is 0 Å². The first-order chi connectivity index (χ1) is 4.22. The third kappa shape index (κ3) is 20.5. The van der Waals surface area contributed by atoms with Crippen molar-refractivity contribution >= 4 is 12.4 Å². The summed E-state index contributed by atoms with van der Waals surface area (Å²) in [5.41, 5.74) is 1.36. The summed E-state index contributed by atoms with van der Waals surface area (Å²) in [7, 11) is 0. The first-order valence-corrected chi connectivity index (χ1v) is 1.87. The Morgan fingerprint density at radius 1 is 1.67 bits per heavy atom. The lowest BCUT2D eigenvalue weighted by atomic mass is 10.6. The minimum Gasteiger partial charge on any atom is -0.483 e. The van der Waals surface area contributed by atoms with Crippen LogP contribution in [0.4, 0.5) is 0 Å². The van der Waals surface area contributed by atoms with E-state index in [2.05, 4.69) is 6.58 Å². The fourth-order valence-corrected chi connectivity index (χ4v) is 0.0456. The van der Waals surface area contributed by atoms with Gasteiger partial charge in [0.15, 0.2) is 0 Å². The van der Waals surface area contributed by atoms with Gasteiger partial charge in [-0.2, -0.15) is 0 Å². The molecule has 0 aromatic carbocycles. The molecule has 9 heavy (non-hydrogen) atoms. The summed E-state index contributed by atoms with van der Waals surface area (Å²) < 4.78 is 0. The van der Waals surface area contributed by atoms with Gasteiger partial charge in [-0.15, -0.1) is 0 Å². The van der Waals surface area contributed by atoms with Gasteiger partial charge in [0.05, 0.1) is 0 Å². The molecule has 0 unspecified atom stereocenters. The van der Waals surface area contributed by atoms with E-state index in [0.29, 0.717) is 0 Å². The van der Waals surface area contributed by atoms with E-state index in [1.165, 1.54) is 5.48 Å². The van der Waals surface area contributed by atoms with Crippen LogP contribution in [0.15, 0.2) is 12.7 Å². The van der Waals surface area contributed by atoms with Crippen molar-refractivity contribution in [3.63, 3.8) is 0 Å². The van der Waals surface area contributed by atoms with Crippen LogP contribution in [0.5, 0.6) is 0 Å². The smallest absolute Gasteiger partial charge is 0.290 e. The zero-order valence-corrected chi connectivity index (χ0v) is 4.57. The molecule has 0 atom stereocenters. The molecule has 3 N–H and O–H groups in total. The molecule has 1 amide bonds. The molecule has 0 aliphatic carbocycles. The lowest BCUT2D eigenvalue weighted by molar-refractivity contribution is -0.124. The van der Waals surface area contributed by atoms with Crippen molar-refractivity contribution in [2.24, 2.45) is 0 Å². The lowest BCUT2D eigenvalue weighted by Crippen LogP contribution is -2.14. The van der Waals surface area contributed by atoms with E-state index in [1.54, 1.807) is 0 Å². The van der Waals surface area contributed by atoms with E-state index in [-0.39, 0.29) is 6.47 Å². The Balaban J connectivity index is 0. The molecule has 0 aliphatic rings. The Labute approximate surface area is 51.6 Å². The normalized spacial score (nSPS) is 5.89. The third-order valence-corrected chi connectivity index (χ3v) is 0.296. The molecular formula is C4H7NO4. The number of nitrogens with one attached hydrogen (secondary N) is 1. The van der Waals surface area contributed by atoms with Crippen LogP contribution < -0.4 is 5.48 Å². The number of carbonyl (C=O) groups is 2. The van der Waals surface area contributed by atoms with E-state index < -0.39 is 5.91 Å². The quantitative estimate of drug-likeness (QED) is 0.192. The highest BCUT2D eigenvalue weighted by Crippen LogP contribution is 1.56. The Morgan fingerprint density at radius 2 is 2.00 bits per heavy atom. The van der Waals surface area contributed by atoms with Crippen LogP contribution in [-0.2, 0) is 9.59 Å². The van der Waals surface area contributed by atoms with Crippen LogP contribution in [0.2, 0.25) is 0 Å². The van der Waals surface area contributed by atoms with Gasteiger partial charge in [0.2, 0.25) is 0 Å². The molecule has 0 bridgehead atoms. The summed E-state index contributed by atoms with van der Waals surface area (Å²) in [5.74, 6) is -0.588. The van der Waals surface area contributed by atoms with Crippen LogP contribution in [0, 0.1) is 0 Å². The van der Waals surface area contributed by atoms with Crippen molar-refractivity contribution in [3.8, 4) is 0 Å². The Bertz CT molecular complexity index is 101. The zero-order valence-electron chi connectivity index (χ0n) is 4.57. The van der Waals surface area contributed by atoms with Crippen molar-refractivity contribution in [3.05, 3.63) is 12.7 Å². The van der Waals surface area contributed by atoms with Crippen LogP contribution in [0.1, 0.15) is 0 Å². The SMILES string of the molecule is C=CC(=O)NO.O=CO. The van der Waals surface area contributed by atoms with Crippen LogP contribution >= 0.6 is 0 Å². The summed E-state index contributed by atoms with van der Waals surface area (Å²) in [6, 6.07) is 0. The fourth-order valence-electron chi connectivity index (χ4n) is 0.0456. The van der Waals surface area contributed by atoms with Crippen molar-refractivity contribution in [1.82, 2.24) is 5.48 Å². The molecule has 0 aromatic heterocycles. The second-order valence-corrected chi connectivity index (χ2v) is 0.786. The van der Waals surface area contributed by atoms with E-state index in [1.807, 2.05) is 0 Å². The fraction of sp³-hybridized carbons (Fsp3) is 0. The molecule has 0 rings (SSSR count). The van der Waals surface area contributed by atoms with Gasteiger partial charge < -0.3 is 5.11 Å². The molecule has 0 spiro atoms. The number of amides is 1. The lowest BCUT2D eigenvalue weighted by Gasteiger charge is -1.81. The highest BCUT2D eigenvalue weighted by molar-refractivity contribution is 5.85. The van der Waals surface area contributed by atoms with Gasteiger partial charge in [0.1, 0.15) is 0 Å². The van der Waals surface area contributed by atoms with Crippen molar-refractivity contribution in [2.45, 2.75) is 0 Å². The van der Waals surface area contributed by atoms with E-state index in [9.17, 15) is 4.79 Å². The number of hydrogen-bond donors (Lipinski definition) is 3. The standard InChI is InChI=1S/C3H5NO2.CH2O2/c1-2-3(5)4-6;2-1-3/h2,6H,1H2,(H,4,5);1H,(H,2,3). The van der Waals surface area contributed by atoms with Gasteiger partial charge in [-0.25, -0.2) is 5.48 Å². The summed E-state index contributed by atoms with van der Waals surface area (Å²) in [6.07, 6.45) is 0.972. The second-order valence-electron chi connectivity index (χ2n) is 0.786. The Hall–Kier alpha value is -1.36. The first-order valence-electron chi connectivity index (χ1n) is 1.87. The van der Waals surface area contributed by atoms with E-state index >= 15 is 0 Å². The second kappa shape index (κ2) is 9.81.